The van der Waals surface area contributed by atoms with Crippen molar-refractivity contribution in [3.63, 3.8) is 0 Å². The van der Waals surface area contributed by atoms with E-state index in [4.69, 9.17) is 11.6 Å². The minimum Gasteiger partial charge on any atom is -0.354 e. The number of carbonyl (C=O) groups is 1. The van der Waals surface area contributed by atoms with Crippen LogP contribution in [0.4, 0.5) is 11.4 Å². The number of benzene rings is 2. The Morgan fingerprint density at radius 1 is 1.04 bits per heavy atom. The Hall–Kier alpha value is -2.85. The van der Waals surface area contributed by atoms with Gasteiger partial charge in [0.05, 0.1) is 17.4 Å². The SMILES string of the molecule is Cc1cccc(CNC(=O)c2cncc(Nc3ccc(Cl)cc3)c2)c1. The minimum absolute atomic E-state index is 0.159. The Bertz CT molecular complexity index is 878. The molecule has 5 heteroatoms. The molecule has 1 amide bonds. The second-order valence-electron chi connectivity index (χ2n) is 5.77. The number of aromatic nitrogens is 1. The summed E-state index contributed by atoms with van der Waals surface area (Å²) in [6.07, 6.45) is 3.23. The van der Waals surface area contributed by atoms with Crippen molar-refractivity contribution in [2.45, 2.75) is 13.5 Å². The molecule has 0 bridgehead atoms. The Balaban J connectivity index is 1.65. The van der Waals surface area contributed by atoms with Crippen molar-refractivity contribution >= 4 is 28.9 Å². The zero-order valence-electron chi connectivity index (χ0n) is 13.8. The number of anilines is 2. The van der Waals surface area contributed by atoms with Gasteiger partial charge in [-0.05, 0) is 42.8 Å². The van der Waals surface area contributed by atoms with E-state index in [9.17, 15) is 4.79 Å². The number of rotatable bonds is 5. The van der Waals surface area contributed by atoms with Gasteiger partial charge in [0.25, 0.3) is 5.91 Å². The van der Waals surface area contributed by atoms with Gasteiger partial charge in [0.2, 0.25) is 0 Å². The van der Waals surface area contributed by atoms with E-state index in [1.54, 1.807) is 30.6 Å². The highest BCUT2D eigenvalue weighted by molar-refractivity contribution is 6.30. The highest BCUT2D eigenvalue weighted by atomic mass is 35.5. The van der Waals surface area contributed by atoms with Crippen molar-refractivity contribution < 1.29 is 4.79 Å². The number of aryl methyl sites for hydroxylation is 1. The van der Waals surface area contributed by atoms with E-state index in [2.05, 4.69) is 21.7 Å². The maximum absolute atomic E-state index is 12.4. The zero-order valence-corrected chi connectivity index (χ0v) is 14.5. The third-order valence-corrected chi connectivity index (χ3v) is 3.92. The van der Waals surface area contributed by atoms with Crippen LogP contribution in [0.5, 0.6) is 0 Å². The fraction of sp³-hybridized carbons (Fsp3) is 0.100. The van der Waals surface area contributed by atoms with E-state index >= 15 is 0 Å². The first-order valence-electron chi connectivity index (χ1n) is 7.91. The Labute approximate surface area is 151 Å². The topological polar surface area (TPSA) is 54.0 Å². The zero-order chi connectivity index (χ0) is 17.6. The predicted molar refractivity (Wildman–Crippen MR) is 101 cm³/mol. The molecule has 126 valence electrons. The molecule has 0 aliphatic rings. The fourth-order valence-corrected chi connectivity index (χ4v) is 2.56. The van der Waals surface area contributed by atoms with Crippen LogP contribution in [0.1, 0.15) is 21.5 Å². The molecule has 0 spiro atoms. The average Bonchev–Trinajstić information content (AvgIpc) is 2.62. The number of amides is 1. The number of pyridine rings is 1. The summed E-state index contributed by atoms with van der Waals surface area (Å²) < 4.78 is 0. The van der Waals surface area contributed by atoms with Crippen LogP contribution in [-0.2, 0) is 6.54 Å². The van der Waals surface area contributed by atoms with Gasteiger partial charge in [-0.15, -0.1) is 0 Å². The number of nitrogens with one attached hydrogen (secondary N) is 2. The summed E-state index contributed by atoms with van der Waals surface area (Å²) in [5.74, 6) is -0.159. The van der Waals surface area contributed by atoms with Gasteiger partial charge in [-0.1, -0.05) is 41.4 Å². The van der Waals surface area contributed by atoms with Crippen LogP contribution in [0.2, 0.25) is 5.02 Å². The molecule has 0 radical (unpaired) electrons. The lowest BCUT2D eigenvalue weighted by Gasteiger charge is -2.09. The van der Waals surface area contributed by atoms with Crippen molar-refractivity contribution in [2.75, 3.05) is 5.32 Å². The highest BCUT2D eigenvalue weighted by Gasteiger charge is 2.07. The molecule has 0 atom stereocenters. The maximum Gasteiger partial charge on any atom is 0.253 e. The van der Waals surface area contributed by atoms with Crippen LogP contribution in [0, 0.1) is 6.92 Å². The monoisotopic (exact) mass is 351 g/mol. The van der Waals surface area contributed by atoms with Gasteiger partial charge in [0, 0.05) is 23.5 Å². The molecule has 3 rings (SSSR count). The number of hydrogen-bond acceptors (Lipinski definition) is 3. The summed E-state index contributed by atoms with van der Waals surface area (Å²) in [4.78, 5) is 16.5. The lowest BCUT2D eigenvalue weighted by Crippen LogP contribution is -2.23. The van der Waals surface area contributed by atoms with Gasteiger partial charge in [-0.25, -0.2) is 0 Å². The van der Waals surface area contributed by atoms with Crippen LogP contribution in [-0.4, -0.2) is 10.9 Å². The highest BCUT2D eigenvalue weighted by Crippen LogP contribution is 2.19. The second kappa shape index (κ2) is 7.81. The van der Waals surface area contributed by atoms with Crippen molar-refractivity contribution in [1.82, 2.24) is 10.3 Å². The summed E-state index contributed by atoms with van der Waals surface area (Å²) >= 11 is 5.88. The number of nitrogens with zero attached hydrogens (tertiary/aromatic N) is 1. The van der Waals surface area contributed by atoms with E-state index in [0.29, 0.717) is 17.1 Å². The normalized spacial score (nSPS) is 10.3. The van der Waals surface area contributed by atoms with E-state index in [1.165, 1.54) is 5.56 Å². The average molecular weight is 352 g/mol. The van der Waals surface area contributed by atoms with Crippen molar-refractivity contribution in [2.24, 2.45) is 0 Å². The second-order valence-corrected chi connectivity index (χ2v) is 6.20. The molecular formula is C20H18ClN3O. The Morgan fingerprint density at radius 2 is 1.84 bits per heavy atom. The van der Waals surface area contributed by atoms with Crippen LogP contribution >= 0.6 is 11.6 Å². The molecule has 0 fully saturated rings. The summed E-state index contributed by atoms with van der Waals surface area (Å²) in [5, 5.41) is 6.80. The molecule has 0 saturated carbocycles. The number of carbonyl (C=O) groups excluding carboxylic acids is 1. The molecule has 2 aromatic carbocycles. The van der Waals surface area contributed by atoms with Gasteiger partial charge in [-0.2, -0.15) is 0 Å². The number of halogens is 1. The van der Waals surface area contributed by atoms with E-state index in [1.807, 2.05) is 37.3 Å². The standard InChI is InChI=1S/C20H18ClN3O/c1-14-3-2-4-15(9-14)11-23-20(25)16-10-19(13-22-12-16)24-18-7-5-17(21)6-8-18/h2-10,12-13,24H,11H2,1H3,(H,23,25). The molecular weight excluding hydrogens is 334 g/mol. The molecule has 0 aliphatic carbocycles. The Morgan fingerprint density at radius 3 is 2.60 bits per heavy atom. The van der Waals surface area contributed by atoms with Crippen molar-refractivity contribution in [3.05, 3.63) is 88.7 Å². The first kappa shape index (κ1) is 17.0. The summed E-state index contributed by atoms with van der Waals surface area (Å²) in [6.45, 7) is 2.51. The molecule has 2 N–H and O–H groups in total. The first-order valence-corrected chi connectivity index (χ1v) is 8.29. The first-order chi connectivity index (χ1) is 12.1. The summed E-state index contributed by atoms with van der Waals surface area (Å²) in [5.41, 5.74) is 4.36. The number of hydrogen-bond donors (Lipinski definition) is 2. The lowest BCUT2D eigenvalue weighted by atomic mass is 10.1. The largest absolute Gasteiger partial charge is 0.354 e. The van der Waals surface area contributed by atoms with E-state index < -0.39 is 0 Å². The van der Waals surface area contributed by atoms with E-state index in [-0.39, 0.29) is 5.91 Å². The third kappa shape index (κ3) is 4.81. The van der Waals surface area contributed by atoms with Gasteiger partial charge < -0.3 is 10.6 Å². The molecule has 25 heavy (non-hydrogen) atoms. The van der Waals surface area contributed by atoms with Crippen LogP contribution in [0.15, 0.2) is 67.0 Å². The fourth-order valence-electron chi connectivity index (χ4n) is 2.44. The van der Waals surface area contributed by atoms with Crippen molar-refractivity contribution in [1.29, 1.82) is 0 Å². The molecule has 3 aromatic rings. The van der Waals surface area contributed by atoms with Gasteiger partial charge in [0.15, 0.2) is 0 Å². The molecule has 0 saturated heterocycles. The smallest absolute Gasteiger partial charge is 0.253 e. The Kier molecular flexibility index (Phi) is 5.31. The molecule has 0 aliphatic heterocycles. The minimum atomic E-state index is -0.159. The van der Waals surface area contributed by atoms with Gasteiger partial charge in [-0.3, -0.25) is 9.78 Å². The summed E-state index contributed by atoms with van der Waals surface area (Å²) in [7, 11) is 0. The molecule has 4 nitrogen and oxygen atoms in total. The lowest BCUT2D eigenvalue weighted by molar-refractivity contribution is 0.0950. The molecule has 0 unspecified atom stereocenters. The van der Waals surface area contributed by atoms with Crippen molar-refractivity contribution in [3.8, 4) is 0 Å². The van der Waals surface area contributed by atoms with Gasteiger partial charge >= 0.3 is 0 Å². The third-order valence-electron chi connectivity index (χ3n) is 3.67. The predicted octanol–water partition coefficient (Wildman–Crippen LogP) is 4.72. The van der Waals surface area contributed by atoms with Crippen LogP contribution in [0.3, 0.4) is 0 Å². The molecule has 1 aromatic heterocycles. The van der Waals surface area contributed by atoms with Crippen LogP contribution < -0.4 is 10.6 Å². The maximum atomic E-state index is 12.4. The molecule has 1 heterocycles. The van der Waals surface area contributed by atoms with E-state index in [0.717, 1.165) is 16.9 Å². The van der Waals surface area contributed by atoms with Crippen LogP contribution in [0.25, 0.3) is 0 Å². The van der Waals surface area contributed by atoms with Gasteiger partial charge in [0.1, 0.15) is 0 Å². The summed E-state index contributed by atoms with van der Waals surface area (Å²) in [6, 6.07) is 17.2. The quantitative estimate of drug-likeness (QED) is 0.699.